The van der Waals surface area contributed by atoms with Crippen LogP contribution in [0.5, 0.6) is 0 Å². The third-order valence-electron chi connectivity index (χ3n) is 9.07. The van der Waals surface area contributed by atoms with Gasteiger partial charge in [0.25, 0.3) is 0 Å². The summed E-state index contributed by atoms with van der Waals surface area (Å²) >= 11 is 0. The van der Waals surface area contributed by atoms with Gasteiger partial charge in [-0.25, -0.2) is 0 Å². The van der Waals surface area contributed by atoms with Crippen molar-refractivity contribution in [2.45, 2.75) is 6.92 Å². The van der Waals surface area contributed by atoms with E-state index in [0.29, 0.717) is 0 Å². The van der Waals surface area contributed by atoms with Gasteiger partial charge in [-0.15, -0.1) is 0 Å². The van der Waals surface area contributed by atoms with Crippen LogP contribution >= 0.6 is 0 Å². The highest BCUT2D eigenvalue weighted by Gasteiger charge is 2.31. The minimum absolute atomic E-state index is 1.03. The number of pyridine rings is 1. The average molecular weight is 546 g/mol. The van der Waals surface area contributed by atoms with E-state index in [0.717, 1.165) is 11.2 Å². The van der Waals surface area contributed by atoms with Gasteiger partial charge in [-0.1, -0.05) is 140 Å². The number of aromatic nitrogens is 1. The molecule has 43 heavy (non-hydrogen) atoms. The molecule has 7 aromatic carbocycles. The van der Waals surface area contributed by atoms with Gasteiger partial charge in [0, 0.05) is 16.6 Å². The standard InChI is InChI=1S/C42H27N/c1-26-22-23-29-16-10-20-34(42(29)43-26)30-24-25-36-39-31(30)19-11-21-35(39)40-37(27-12-4-2-5-13-27)32-17-8-9-18-33(32)38(41(36)40)28-14-6-3-7-15-28/h2-25H,1H3. The third-order valence-corrected chi connectivity index (χ3v) is 9.07. The fraction of sp³-hybridized carbons (Fsp3) is 0.0238. The number of fused-ring (bicyclic) bond motifs is 5. The summed E-state index contributed by atoms with van der Waals surface area (Å²) in [6.45, 7) is 2.07. The minimum atomic E-state index is 1.03. The van der Waals surface area contributed by atoms with Crippen molar-refractivity contribution in [3.8, 4) is 55.6 Å². The Morgan fingerprint density at radius 2 is 0.907 bits per heavy atom. The molecule has 8 aromatic rings. The predicted octanol–water partition coefficient (Wildman–Crippen LogP) is 11.5. The van der Waals surface area contributed by atoms with Gasteiger partial charge < -0.3 is 0 Å². The molecule has 0 fully saturated rings. The van der Waals surface area contributed by atoms with E-state index in [1.807, 2.05) is 0 Å². The number of rotatable bonds is 3. The number of para-hydroxylation sites is 1. The van der Waals surface area contributed by atoms with Crippen molar-refractivity contribution in [3.63, 3.8) is 0 Å². The van der Waals surface area contributed by atoms with Gasteiger partial charge in [0.05, 0.1) is 5.52 Å². The molecular weight excluding hydrogens is 518 g/mol. The monoisotopic (exact) mass is 545 g/mol. The van der Waals surface area contributed by atoms with Crippen molar-refractivity contribution < 1.29 is 0 Å². The van der Waals surface area contributed by atoms with Crippen LogP contribution in [0.1, 0.15) is 5.69 Å². The van der Waals surface area contributed by atoms with E-state index in [2.05, 4.69) is 153 Å². The summed E-state index contributed by atoms with van der Waals surface area (Å²) in [5.74, 6) is 0. The molecule has 0 bridgehead atoms. The van der Waals surface area contributed by atoms with E-state index in [9.17, 15) is 0 Å². The zero-order valence-corrected chi connectivity index (χ0v) is 23.8. The topological polar surface area (TPSA) is 12.9 Å². The van der Waals surface area contributed by atoms with Crippen LogP contribution < -0.4 is 0 Å². The molecule has 0 N–H and O–H groups in total. The summed E-state index contributed by atoms with van der Waals surface area (Å²) in [7, 11) is 0. The van der Waals surface area contributed by atoms with Crippen LogP contribution in [0.15, 0.2) is 146 Å². The molecule has 1 aromatic heterocycles. The highest BCUT2D eigenvalue weighted by Crippen LogP contribution is 2.58. The first-order valence-corrected chi connectivity index (χ1v) is 14.9. The van der Waals surface area contributed by atoms with Crippen molar-refractivity contribution in [2.75, 3.05) is 0 Å². The first-order valence-electron chi connectivity index (χ1n) is 14.9. The molecule has 1 heterocycles. The lowest BCUT2D eigenvalue weighted by Gasteiger charge is -2.20. The Kier molecular flexibility index (Phi) is 5.18. The Bertz CT molecular complexity index is 2290. The Labute approximate surface area is 250 Å². The molecule has 0 unspecified atom stereocenters. The van der Waals surface area contributed by atoms with Gasteiger partial charge in [0.1, 0.15) is 0 Å². The summed E-state index contributed by atoms with van der Waals surface area (Å²) in [5, 5.41) is 6.32. The lowest BCUT2D eigenvalue weighted by Crippen LogP contribution is -1.93. The van der Waals surface area contributed by atoms with Crippen molar-refractivity contribution in [1.82, 2.24) is 4.98 Å². The molecule has 1 heteroatoms. The molecule has 200 valence electrons. The van der Waals surface area contributed by atoms with Crippen LogP contribution in [0, 0.1) is 6.92 Å². The van der Waals surface area contributed by atoms with Gasteiger partial charge >= 0.3 is 0 Å². The fourth-order valence-corrected chi connectivity index (χ4v) is 7.31. The van der Waals surface area contributed by atoms with E-state index < -0.39 is 0 Å². The van der Waals surface area contributed by atoms with E-state index in [1.165, 1.54) is 82.6 Å². The maximum absolute atomic E-state index is 5.00. The number of aryl methyl sites for hydroxylation is 1. The second-order valence-electron chi connectivity index (χ2n) is 11.5. The molecular formula is C42H27N. The van der Waals surface area contributed by atoms with Crippen molar-refractivity contribution >= 4 is 32.4 Å². The second kappa shape index (κ2) is 9.24. The average Bonchev–Trinajstić information content (AvgIpc) is 3.39. The molecule has 0 aliphatic heterocycles. The molecule has 1 aliphatic rings. The van der Waals surface area contributed by atoms with Crippen LogP contribution in [0.3, 0.4) is 0 Å². The number of hydrogen-bond donors (Lipinski definition) is 0. The number of nitrogens with zero attached hydrogens (tertiary/aromatic N) is 1. The molecule has 0 spiro atoms. The molecule has 0 radical (unpaired) electrons. The van der Waals surface area contributed by atoms with E-state index >= 15 is 0 Å². The summed E-state index contributed by atoms with van der Waals surface area (Å²) in [5.41, 5.74) is 14.8. The Morgan fingerprint density at radius 3 is 1.58 bits per heavy atom. The lowest BCUT2D eigenvalue weighted by molar-refractivity contribution is 1.26. The van der Waals surface area contributed by atoms with E-state index in [-0.39, 0.29) is 0 Å². The summed E-state index contributed by atoms with van der Waals surface area (Å²) < 4.78 is 0. The van der Waals surface area contributed by atoms with Crippen LogP contribution in [0.4, 0.5) is 0 Å². The van der Waals surface area contributed by atoms with Crippen LogP contribution in [-0.2, 0) is 0 Å². The molecule has 1 nitrogen and oxygen atoms in total. The maximum atomic E-state index is 5.00. The highest BCUT2D eigenvalue weighted by molar-refractivity contribution is 6.29. The number of benzene rings is 7. The van der Waals surface area contributed by atoms with Crippen LogP contribution in [0.25, 0.3) is 88.1 Å². The Morgan fingerprint density at radius 1 is 0.372 bits per heavy atom. The van der Waals surface area contributed by atoms with Crippen molar-refractivity contribution in [2.24, 2.45) is 0 Å². The summed E-state index contributed by atoms with van der Waals surface area (Å²) in [4.78, 5) is 5.00. The molecule has 0 amide bonds. The van der Waals surface area contributed by atoms with E-state index in [1.54, 1.807) is 0 Å². The minimum Gasteiger partial charge on any atom is -0.252 e. The van der Waals surface area contributed by atoms with Gasteiger partial charge in [-0.2, -0.15) is 0 Å². The maximum Gasteiger partial charge on any atom is 0.0783 e. The van der Waals surface area contributed by atoms with Crippen molar-refractivity contribution in [3.05, 3.63) is 151 Å². The highest BCUT2D eigenvalue weighted by atomic mass is 14.7. The molecule has 0 saturated heterocycles. The molecule has 0 atom stereocenters. The summed E-state index contributed by atoms with van der Waals surface area (Å²) in [6.07, 6.45) is 0. The van der Waals surface area contributed by atoms with E-state index in [4.69, 9.17) is 4.98 Å². The van der Waals surface area contributed by atoms with Gasteiger partial charge in [0.2, 0.25) is 0 Å². The summed E-state index contributed by atoms with van der Waals surface area (Å²) in [6, 6.07) is 53.1. The van der Waals surface area contributed by atoms with Gasteiger partial charge in [0.15, 0.2) is 0 Å². The fourth-order valence-electron chi connectivity index (χ4n) is 7.31. The Balaban J connectivity index is 1.46. The van der Waals surface area contributed by atoms with Crippen LogP contribution in [0.2, 0.25) is 0 Å². The predicted molar refractivity (Wildman–Crippen MR) is 182 cm³/mol. The quantitative estimate of drug-likeness (QED) is 0.215. The first-order chi connectivity index (χ1) is 21.3. The molecule has 0 saturated carbocycles. The van der Waals surface area contributed by atoms with Crippen LogP contribution in [-0.4, -0.2) is 4.98 Å². The van der Waals surface area contributed by atoms with Gasteiger partial charge in [-0.3, -0.25) is 4.98 Å². The zero-order valence-electron chi connectivity index (χ0n) is 23.8. The Hall–Kier alpha value is -5.53. The largest absolute Gasteiger partial charge is 0.252 e. The van der Waals surface area contributed by atoms with Crippen molar-refractivity contribution in [1.29, 1.82) is 0 Å². The molecule has 9 rings (SSSR count). The SMILES string of the molecule is Cc1ccc2cccc(-c3ccc4c5c(cccc35)-c3c-4c(-c4ccccc4)c4ccccc4c3-c3ccccc3)c2n1. The normalized spacial score (nSPS) is 11.8. The third kappa shape index (κ3) is 3.49. The zero-order chi connectivity index (χ0) is 28.5. The smallest absolute Gasteiger partial charge is 0.0783 e. The first kappa shape index (κ1) is 24.1. The molecule has 1 aliphatic carbocycles. The second-order valence-corrected chi connectivity index (χ2v) is 11.5. The van der Waals surface area contributed by atoms with Gasteiger partial charge in [-0.05, 0) is 84.6 Å². The number of hydrogen-bond acceptors (Lipinski definition) is 1. The lowest BCUT2D eigenvalue weighted by atomic mass is 9.82.